The summed E-state index contributed by atoms with van der Waals surface area (Å²) < 4.78 is 26.4. The van der Waals surface area contributed by atoms with Crippen LogP contribution in [0.1, 0.15) is 37.8 Å². The largest absolute Gasteiger partial charge is 0.354 e. The number of anilines is 1. The van der Waals surface area contributed by atoms with Crippen molar-refractivity contribution in [2.45, 2.75) is 45.7 Å². The van der Waals surface area contributed by atoms with E-state index in [-0.39, 0.29) is 43.7 Å². The maximum atomic E-state index is 13.9. The summed E-state index contributed by atoms with van der Waals surface area (Å²) in [6.45, 7) is 4.58. The molecule has 0 aliphatic carbocycles. The molecule has 11 heteroatoms. The molecule has 0 radical (unpaired) electrons. The summed E-state index contributed by atoms with van der Waals surface area (Å²) in [7, 11) is -3.64. The maximum absolute atomic E-state index is 13.9. The maximum Gasteiger partial charge on any atom is 0.243 e. The van der Waals surface area contributed by atoms with Gasteiger partial charge in [-0.3, -0.25) is 13.9 Å². The van der Waals surface area contributed by atoms with Crippen molar-refractivity contribution in [2.24, 2.45) is 5.92 Å². The third-order valence-electron chi connectivity index (χ3n) is 6.56. The number of carbonyl (C=O) groups excluding carboxylic acids is 2. The van der Waals surface area contributed by atoms with Crippen LogP contribution in [0.2, 0.25) is 15.1 Å². The Labute approximate surface area is 263 Å². The summed E-state index contributed by atoms with van der Waals surface area (Å²) >= 11 is 18.7. The summed E-state index contributed by atoms with van der Waals surface area (Å²) in [5.41, 5.74) is 1.95. The van der Waals surface area contributed by atoms with E-state index in [9.17, 15) is 18.0 Å². The third kappa shape index (κ3) is 10.2. The smallest absolute Gasteiger partial charge is 0.243 e. The molecule has 0 fully saturated rings. The van der Waals surface area contributed by atoms with Crippen molar-refractivity contribution < 1.29 is 18.0 Å². The number of hydrogen-bond donors (Lipinski definition) is 1. The Morgan fingerprint density at radius 1 is 0.905 bits per heavy atom. The molecule has 42 heavy (non-hydrogen) atoms. The molecule has 2 amide bonds. The number of amides is 2. The topological polar surface area (TPSA) is 86.8 Å². The van der Waals surface area contributed by atoms with Gasteiger partial charge in [-0.2, -0.15) is 0 Å². The van der Waals surface area contributed by atoms with Crippen LogP contribution in [0.4, 0.5) is 5.69 Å². The highest BCUT2D eigenvalue weighted by Crippen LogP contribution is 2.26. The van der Waals surface area contributed by atoms with E-state index in [0.717, 1.165) is 11.8 Å². The van der Waals surface area contributed by atoms with E-state index in [1.54, 1.807) is 42.5 Å². The molecule has 0 bridgehead atoms. The molecule has 7 nitrogen and oxygen atoms in total. The summed E-state index contributed by atoms with van der Waals surface area (Å²) in [6, 6.07) is 20.2. The van der Waals surface area contributed by atoms with Crippen molar-refractivity contribution in [3.05, 3.63) is 99.0 Å². The predicted molar refractivity (Wildman–Crippen MR) is 172 cm³/mol. The van der Waals surface area contributed by atoms with E-state index in [1.807, 2.05) is 44.2 Å². The van der Waals surface area contributed by atoms with Crippen molar-refractivity contribution in [1.82, 2.24) is 10.2 Å². The molecule has 0 saturated heterocycles. The van der Waals surface area contributed by atoms with Crippen LogP contribution in [0.25, 0.3) is 0 Å². The molecule has 0 saturated carbocycles. The molecule has 0 aliphatic heterocycles. The van der Waals surface area contributed by atoms with Crippen LogP contribution in [0.15, 0.2) is 72.8 Å². The van der Waals surface area contributed by atoms with Crippen molar-refractivity contribution in [2.75, 3.05) is 23.7 Å². The molecular weight excluding hydrogens is 617 g/mol. The van der Waals surface area contributed by atoms with Gasteiger partial charge in [0.2, 0.25) is 21.8 Å². The average Bonchev–Trinajstić information content (AvgIpc) is 2.92. The Morgan fingerprint density at radius 3 is 2.21 bits per heavy atom. The lowest BCUT2D eigenvalue weighted by atomic mass is 10.0. The first-order valence-corrected chi connectivity index (χ1v) is 16.6. The predicted octanol–water partition coefficient (Wildman–Crippen LogP) is 6.61. The summed E-state index contributed by atoms with van der Waals surface area (Å²) in [4.78, 5) is 29.0. The van der Waals surface area contributed by atoms with Crippen LogP contribution in [-0.4, -0.2) is 50.5 Å². The molecule has 1 N–H and O–H groups in total. The second-order valence-corrected chi connectivity index (χ2v) is 13.7. The van der Waals surface area contributed by atoms with Crippen molar-refractivity contribution in [3.63, 3.8) is 0 Å². The highest BCUT2D eigenvalue weighted by Gasteiger charge is 2.31. The number of halogens is 3. The molecule has 3 aromatic carbocycles. The Kier molecular flexibility index (Phi) is 12.5. The van der Waals surface area contributed by atoms with Crippen LogP contribution in [-0.2, 0) is 32.6 Å². The van der Waals surface area contributed by atoms with Crippen LogP contribution in [0, 0.1) is 5.92 Å². The molecule has 0 aliphatic rings. The van der Waals surface area contributed by atoms with Gasteiger partial charge in [0.15, 0.2) is 0 Å². The van der Waals surface area contributed by atoms with Crippen LogP contribution >= 0.6 is 34.8 Å². The molecular formula is C31H36Cl3N3O4S. The zero-order valence-corrected chi connectivity index (χ0v) is 27.0. The standard InChI is InChI=1S/C31H36Cl3N3O4S/c1-22(2)20-35-31(39)29(17-23-9-5-4-6-10-23)36(21-24-14-15-26(33)19-28(24)34)30(38)13-8-16-37(42(3,40)41)27-12-7-11-25(32)18-27/h4-7,9-12,14-15,18-19,22,29H,8,13,16-17,20-21H2,1-3H3,(H,35,39)/t29-/m0/s1. The fourth-order valence-corrected chi connectivity index (χ4v) is 6.06. The number of sulfonamides is 1. The third-order valence-corrected chi connectivity index (χ3v) is 8.58. The van der Waals surface area contributed by atoms with Gasteiger partial charge in [-0.1, -0.05) is 91.1 Å². The number of rotatable bonds is 14. The van der Waals surface area contributed by atoms with Gasteiger partial charge in [-0.05, 0) is 53.8 Å². The van der Waals surface area contributed by atoms with Gasteiger partial charge in [0.25, 0.3) is 0 Å². The second kappa shape index (κ2) is 15.6. The van der Waals surface area contributed by atoms with Gasteiger partial charge >= 0.3 is 0 Å². The van der Waals surface area contributed by atoms with E-state index in [0.29, 0.717) is 39.3 Å². The van der Waals surface area contributed by atoms with E-state index in [1.165, 1.54) is 9.21 Å². The van der Waals surface area contributed by atoms with Crippen molar-refractivity contribution in [3.8, 4) is 0 Å². The van der Waals surface area contributed by atoms with E-state index >= 15 is 0 Å². The summed E-state index contributed by atoms with van der Waals surface area (Å²) in [6.07, 6.45) is 1.62. The SMILES string of the molecule is CC(C)CNC(=O)[C@H](Cc1ccccc1)N(Cc1ccc(Cl)cc1Cl)C(=O)CCCN(c1cccc(Cl)c1)S(C)(=O)=O. The molecule has 1 atom stereocenters. The lowest BCUT2D eigenvalue weighted by Gasteiger charge is -2.32. The lowest BCUT2D eigenvalue weighted by Crippen LogP contribution is -2.51. The zero-order chi connectivity index (χ0) is 30.9. The zero-order valence-electron chi connectivity index (χ0n) is 23.9. The number of nitrogens with zero attached hydrogens (tertiary/aromatic N) is 2. The highest BCUT2D eigenvalue weighted by atomic mass is 35.5. The minimum atomic E-state index is -3.64. The van der Waals surface area contributed by atoms with Gasteiger partial charge in [-0.25, -0.2) is 8.42 Å². The number of nitrogens with one attached hydrogen (secondary N) is 1. The minimum absolute atomic E-state index is 0.000540. The Balaban J connectivity index is 1.91. The van der Waals surface area contributed by atoms with Crippen molar-refractivity contribution in [1.29, 1.82) is 0 Å². The molecule has 0 heterocycles. The quantitative estimate of drug-likeness (QED) is 0.213. The molecule has 0 unspecified atom stereocenters. The van der Waals surface area contributed by atoms with E-state index < -0.39 is 16.1 Å². The highest BCUT2D eigenvalue weighted by molar-refractivity contribution is 7.92. The van der Waals surface area contributed by atoms with E-state index in [2.05, 4.69) is 5.32 Å². The second-order valence-electron chi connectivity index (χ2n) is 10.5. The van der Waals surface area contributed by atoms with Gasteiger partial charge in [0.05, 0.1) is 11.9 Å². The number of carbonyl (C=O) groups is 2. The Morgan fingerprint density at radius 2 is 1.60 bits per heavy atom. The van der Waals surface area contributed by atoms with Gasteiger partial charge in [-0.15, -0.1) is 0 Å². The van der Waals surface area contributed by atoms with Crippen LogP contribution < -0.4 is 9.62 Å². The molecule has 0 aromatic heterocycles. The van der Waals surface area contributed by atoms with Crippen LogP contribution in [0.3, 0.4) is 0 Å². The van der Waals surface area contributed by atoms with Crippen molar-refractivity contribution >= 4 is 62.3 Å². The first kappa shape index (κ1) is 33.7. The minimum Gasteiger partial charge on any atom is -0.354 e. The molecule has 3 aromatic rings. The fraction of sp³-hybridized carbons (Fsp3) is 0.355. The average molecular weight is 653 g/mol. The summed E-state index contributed by atoms with van der Waals surface area (Å²) in [5.74, 6) is -0.362. The van der Waals surface area contributed by atoms with Gasteiger partial charge in [0.1, 0.15) is 6.04 Å². The monoisotopic (exact) mass is 651 g/mol. The fourth-order valence-electron chi connectivity index (χ4n) is 4.45. The molecule has 3 rings (SSSR count). The molecule has 0 spiro atoms. The number of hydrogen-bond acceptors (Lipinski definition) is 4. The molecule has 226 valence electrons. The van der Waals surface area contributed by atoms with Crippen LogP contribution in [0.5, 0.6) is 0 Å². The number of benzene rings is 3. The normalized spacial score (nSPS) is 12.2. The Hall–Kier alpha value is -2.78. The lowest BCUT2D eigenvalue weighted by molar-refractivity contribution is -0.141. The van der Waals surface area contributed by atoms with Gasteiger partial charge in [0, 0.05) is 47.5 Å². The van der Waals surface area contributed by atoms with E-state index in [4.69, 9.17) is 34.8 Å². The first-order chi connectivity index (χ1) is 19.8. The Bertz CT molecular complexity index is 1470. The first-order valence-electron chi connectivity index (χ1n) is 13.6. The summed E-state index contributed by atoms with van der Waals surface area (Å²) in [5, 5.41) is 4.22. The van der Waals surface area contributed by atoms with Gasteiger partial charge < -0.3 is 10.2 Å².